The normalized spacial score (nSPS) is 19.4. The molecular weight excluding hydrogens is 714 g/mol. The first-order valence-electron chi connectivity index (χ1n) is 17.8. The summed E-state index contributed by atoms with van der Waals surface area (Å²) in [6.07, 6.45) is 5.64. The summed E-state index contributed by atoms with van der Waals surface area (Å²) in [5.74, 6) is -1.52. The Kier molecular flexibility index (Phi) is 17.8. The Bertz CT molecular complexity index is 1430. The third kappa shape index (κ3) is 15.0. The van der Waals surface area contributed by atoms with E-state index in [4.69, 9.17) is 23.8 Å². The van der Waals surface area contributed by atoms with Gasteiger partial charge < -0.3 is 50.2 Å². The molecule has 0 radical (unpaired) electrons. The monoisotopic (exact) mass is 763 g/mol. The van der Waals surface area contributed by atoms with Crippen LogP contribution in [-0.2, 0) is 54.3 Å². The summed E-state index contributed by atoms with van der Waals surface area (Å²) >= 11 is 1.88. The molecule has 3 fully saturated rings. The van der Waals surface area contributed by atoms with Gasteiger partial charge in [-0.1, -0.05) is 18.6 Å². The second-order valence-corrected chi connectivity index (χ2v) is 13.7. The summed E-state index contributed by atoms with van der Waals surface area (Å²) in [5.41, 5.74) is 0.935. The van der Waals surface area contributed by atoms with Gasteiger partial charge in [0.1, 0.15) is 5.75 Å². The zero-order valence-electron chi connectivity index (χ0n) is 29.6. The molecule has 3 aliphatic rings. The largest absolute Gasteiger partial charge is 0.507 e. The van der Waals surface area contributed by atoms with Crippen LogP contribution in [0, 0.1) is 0 Å². The number of imide groups is 1. The van der Waals surface area contributed by atoms with Crippen LogP contribution in [0.1, 0.15) is 56.1 Å². The number of aromatic hydroxyl groups is 1. The van der Waals surface area contributed by atoms with Crippen molar-refractivity contribution >= 4 is 53.5 Å². The number of nitrogens with zero attached hydrogens (tertiary/aromatic N) is 1. The Morgan fingerprint density at radius 2 is 1.51 bits per heavy atom. The molecule has 4 rings (SSSR count). The molecule has 292 valence electrons. The van der Waals surface area contributed by atoms with Crippen LogP contribution in [0.2, 0.25) is 0 Å². The van der Waals surface area contributed by atoms with Crippen molar-refractivity contribution in [3.05, 3.63) is 35.4 Å². The Balaban J connectivity index is 0.887. The SMILES string of the molecule is O=C(CCCCC1SCC2NC(=O)NC21)NCCOCCOCCOCCOCCC(=O)NCc1ccc(/C=C/C(=O)ON2C(=O)CCC2=O)c(O)c1. The number of ether oxygens (including phenoxy) is 4. The van der Waals surface area contributed by atoms with Crippen molar-refractivity contribution in [2.24, 2.45) is 0 Å². The zero-order chi connectivity index (χ0) is 37.8. The molecule has 0 aromatic heterocycles. The van der Waals surface area contributed by atoms with Gasteiger partial charge in [-0.25, -0.2) is 9.59 Å². The Labute approximate surface area is 312 Å². The molecular formula is C35H49N5O12S. The fourth-order valence-corrected chi connectivity index (χ4v) is 7.16. The van der Waals surface area contributed by atoms with E-state index in [0.29, 0.717) is 80.7 Å². The van der Waals surface area contributed by atoms with Gasteiger partial charge in [0.25, 0.3) is 11.8 Å². The molecule has 0 saturated carbocycles. The molecule has 0 spiro atoms. The fourth-order valence-electron chi connectivity index (χ4n) is 5.62. The van der Waals surface area contributed by atoms with Crippen LogP contribution in [-0.4, -0.2) is 128 Å². The van der Waals surface area contributed by atoms with Crippen molar-refractivity contribution in [1.29, 1.82) is 0 Å². The van der Waals surface area contributed by atoms with Crippen LogP contribution in [0.15, 0.2) is 24.3 Å². The maximum atomic E-state index is 12.1. The molecule has 18 heteroatoms. The molecule has 3 heterocycles. The highest BCUT2D eigenvalue weighted by Gasteiger charge is 2.42. The number of carbonyl (C=O) groups excluding carboxylic acids is 6. The molecule has 0 aliphatic carbocycles. The van der Waals surface area contributed by atoms with Crippen molar-refractivity contribution in [3.63, 3.8) is 0 Å². The van der Waals surface area contributed by atoms with E-state index < -0.39 is 17.8 Å². The number of urea groups is 1. The number of amides is 6. The van der Waals surface area contributed by atoms with Gasteiger partial charge in [0.15, 0.2) is 0 Å². The van der Waals surface area contributed by atoms with Gasteiger partial charge in [-0.05, 0) is 30.5 Å². The lowest BCUT2D eigenvalue weighted by Gasteiger charge is -2.16. The summed E-state index contributed by atoms with van der Waals surface area (Å²) in [7, 11) is 0. The maximum absolute atomic E-state index is 12.1. The predicted octanol–water partition coefficient (Wildman–Crippen LogP) is 0.927. The number of rotatable bonds is 25. The van der Waals surface area contributed by atoms with Crippen LogP contribution in [0.5, 0.6) is 5.75 Å². The number of phenols is 1. The highest BCUT2D eigenvalue weighted by atomic mass is 32.2. The number of unbranched alkanes of at least 4 members (excludes halogenated alkanes) is 1. The van der Waals surface area contributed by atoms with E-state index in [1.165, 1.54) is 12.1 Å². The highest BCUT2D eigenvalue weighted by Crippen LogP contribution is 2.33. The van der Waals surface area contributed by atoms with E-state index in [2.05, 4.69) is 21.3 Å². The smallest absolute Gasteiger partial charge is 0.356 e. The molecule has 17 nitrogen and oxygen atoms in total. The fraction of sp³-hybridized carbons (Fsp3) is 0.600. The molecule has 53 heavy (non-hydrogen) atoms. The average molecular weight is 764 g/mol. The quantitative estimate of drug-likeness (QED) is 0.0406. The Hall–Kier alpha value is -4.23. The van der Waals surface area contributed by atoms with E-state index in [0.717, 1.165) is 31.1 Å². The second kappa shape index (κ2) is 22.8. The zero-order valence-corrected chi connectivity index (χ0v) is 30.5. The lowest BCUT2D eigenvalue weighted by molar-refractivity contribution is -0.193. The number of thioether (sulfide) groups is 1. The number of carbonyl (C=O) groups is 6. The number of hydroxylamine groups is 2. The van der Waals surface area contributed by atoms with Crippen LogP contribution >= 0.6 is 11.8 Å². The molecule has 0 bridgehead atoms. The van der Waals surface area contributed by atoms with E-state index >= 15 is 0 Å². The first kappa shape index (κ1) is 41.5. The second-order valence-electron chi connectivity index (χ2n) is 12.4. The van der Waals surface area contributed by atoms with Gasteiger partial charge in [0, 0.05) is 61.4 Å². The van der Waals surface area contributed by atoms with Gasteiger partial charge in [-0.15, -0.1) is 5.06 Å². The van der Waals surface area contributed by atoms with E-state index in [1.807, 2.05) is 11.8 Å². The van der Waals surface area contributed by atoms with Gasteiger partial charge in [0.05, 0.1) is 64.9 Å². The number of nitrogens with one attached hydrogen (secondary N) is 4. The number of hydrogen-bond acceptors (Lipinski definition) is 13. The van der Waals surface area contributed by atoms with E-state index in [9.17, 15) is 33.9 Å². The molecule has 3 unspecified atom stereocenters. The lowest BCUT2D eigenvalue weighted by Crippen LogP contribution is -2.36. The van der Waals surface area contributed by atoms with E-state index in [1.54, 1.807) is 12.1 Å². The van der Waals surface area contributed by atoms with Crippen molar-refractivity contribution in [3.8, 4) is 5.75 Å². The molecule has 6 amide bonds. The van der Waals surface area contributed by atoms with Crippen LogP contribution in [0.4, 0.5) is 4.79 Å². The average Bonchev–Trinajstić information content (AvgIpc) is 3.80. The first-order valence-corrected chi connectivity index (χ1v) is 18.8. The summed E-state index contributed by atoms with van der Waals surface area (Å²) < 4.78 is 21.8. The number of benzene rings is 1. The van der Waals surface area contributed by atoms with Crippen LogP contribution in [0.25, 0.3) is 6.08 Å². The van der Waals surface area contributed by atoms with Gasteiger partial charge in [-0.2, -0.15) is 11.8 Å². The molecule has 5 N–H and O–H groups in total. The standard InChI is InChI=1S/C35H49N5O12S/c41-27-21-24(5-6-25(27)7-10-33(46)52-40-31(44)8-9-32(40)45)22-37-30(43)11-13-48-15-17-50-19-20-51-18-16-49-14-12-36-29(42)4-2-1-3-28-34-26(23-53-28)38-35(47)39-34/h5-7,10,21,26,28,34,41H,1-4,8-9,11-20,22-23H2,(H,36,42)(H,37,43)(H2,38,39,47)/b10-7+. The van der Waals surface area contributed by atoms with E-state index in [-0.39, 0.29) is 68.1 Å². The van der Waals surface area contributed by atoms with Crippen molar-refractivity contribution in [2.45, 2.75) is 68.8 Å². The van der Waals surface area contributed by atoms with Crippen molar-refractivity contribution < 1.29 is 57.7 Å². The summed E-state index contributed by atoms with van der Waals surface area (Å²) in [6.45, 7) is 3.50. The van der Waals surface area contributed by atoms with Gasteiger partial charge in [0.2, 0.25) is 11.8 Å². The minimum Gasteiger partial charge on any atom is -0.507 e. The van der Waals surface area contributed by atoms with Crippen LogP contribution in [0.3, 0.4) is 0 Å². The molecule has 3 aliphatic heterocycles. The maximum Gasteiger partial charge on any atom is 0.356 e. The third-order valence-corrected chi connectivity index (χ3v) is 9.92. The Morgan fingerprint density at radius 1 is 0.849 bits per heavy atom. The molecule has 1 aromatic rings. The van der Waals surface area contributed by atoms with Gasteiger partial charge in [-0.3, -0.25) is 19.2 Å². The van der Waals surface area contributed by atoms with Crippen molar-refractivity contribution in [1.82, 2.24) is 26.3 Å². The predicted molar refractivity (Wildman–Crippen MR) is 191 cm³/mol. The minimum atomic E-state index is -0.933. The molecule has 3 saturated heterocycles. The molecule has 1 aromatic carbocycles. The summed E-state index contributed by atoms with van der Waals surface area (Å²) in [5, 5.41) is 22.7. The van der Waals surface area contributed by atoms with Crippen molar-refractivity contribution in [2.75, 3.05) is 65.2 Å². The topological polar surface area (TPSA) is 220 Å². The number of hydrogen-bond donors (Lipinski definition) is 5. The summed E-state index contributed by atoms with van der Waals surface area (Å²) in [4.78, 5) is 75.4. The number of fused-ring (bicyclic) bond motifs is 1. The van der Waals surface area contributed by atoms with Gasteiger partial charge >= 0.3 is 12.0 Å². The first-order chi connectivity index (χ1) is 25.7. The highest BCUT2D eigenvalue weighted by molar-refractivity contribution is 8.00. The minimum absolute atomic E-state index is 0.00835. The lowest BCUT2D eigenvalue weighted by atomic mass is 10.0. The molecule has 3 atom stereocenters. The van der Waals surface area contributed by atoms with Crippen LogP contribution < -0.4 is 21.3 Å². The Morgan fingerprint density at radius 3 is 2.21 bits per heavy atom. The summed E-state index contributed by atoms with van der Waals surface area (Å²) in [6, 6.07) is 5.00. The third-order valence-electron chi connectivity index (χ3n) is 8.41. The number of phenolic OH excluding ortho intramolecular Hbond substituents is 1.